The third-order valence-electron chi connectivity index (χ3n) is 2.66. The Balaban J connectivity index is 2.21. The quantitative estimate of drug-likeness (QED) is 0.726. The lowest BCUT2D eigenvalue weighted by molar-refractivity contribution is 0.421. The minimum atomic E-state index is 0.751. The molecule has 1 aliphatic heterocycles. The van der Waals surface area contributed by atoms with Crippen molar-refractivity contribution in [1.82, 2.24) is 5.32 Å². The zero-order valence-electron chi connectivity index (χ0n) is 8.47. The molecule has 0 amide bonds. The summed E-state index contributed by atoms with van der Waals surface area (Å²) in [5, 5.41) is 4.60. The molecule has 72 valence electrons. The van der Waals surface area contributed by atoms with Crippen LogP contribution >= 0.6 is 11.8 Å². The van der Waals surface area contributed by atoms with Gasteiger partial charge in [0.05, 0.1) is 0 Å². The van der Waals surface area contributed by atoms with E-state index in [-0.39, 0.29) is 0 Å². The van der Waals surface area contributed by atoms with Crippen LogP contribution in [0.1, 0.15) is 40.0 Å². The van der Waals surface area contributed by atoms with Gasteiger partial charge in [-0.25, -0.2) is 0 Å². The molecule has 2 atom stereocenters. The van der Waals surface area contributed by atoms with Gasteiger partial charge in [0.15, 0.2) is 0 Å². The van der Waals surface area contributed by atoms with Gasteiger partial charge >= 0.3 is 0 Å². The van der Waals surface area contributed by atoms with Crippen molar-refractivity contribution in [2.75, 3.05) is 5.75 Å². The molecule has 0 saturated carbocycles. The van der Waals surface area contributed by atoms with Crippen LogP contribution in [-0.4, -0.2) is 23.1 Å². The van der Waals surface area contributed by atoms with Crippen LogP contribution in [0.3, 0.4) is 0 Å². The first kappa shape index (κ1) is 10.4. The minimum absolute atomic E-state index is 0.751. The van der Waals surface area contributed by atoms with E-state index in [1.54, 1.807) is 0 Å². The highest BCUT2D eigenvalue weighted by Gasteiger charge is 2.22. The molecule has 0 aromatic carbocycles. The summed E-state index contributed by atoms with van der Waals surface area (Å²) in [6, 6.07) is 1.54. The first-order chi connectivity index (χ1) is 5.76. The predicted octanol–water partition coefficient (Wildman–Crippen LogP) is 2.66. The Bertz CT molecular complexity index is 123. The maximum atomic E-state index is 3.72. The van der Waals surface area contributed by atoms with Crippen molar-refractivity contribution in [1.29, 1.82) is 0 Å². The molecule has 0 aromatic heterocycles. The lowest BCUT2D eigenvalue weighted by atomic mass is 10.1. The molecule has 2 heteroatoms. The monoisotopic (exact) mass is 187 g/mol. The molecule has 0 bridgehead atoms. The fourth-order valence-corrected chi connectivity index (χ4v) is 2.95. The molecule has 1 saturated heterocycles. The highest BCUT2D eigenvalue weighted by Crippen LogP contribution is 2.26. The van der Waals surface area contributed by atoms with E-state index in [1.807, 2.05) is 0 Å². The van der Waals surface area contributed by atoms with Crippen molar-refractivity contribution >= 4 is 11.8 Å². The maximum Gasteiger partial charge on any atom is 0.0171 e. The van der Waals surface area contributed by atoms with Gasteiger partial charge in [0, 0.05) is 23.1 Å². The third-order valence-corrected chi connectivity index (χ3v) is 4.01. The zero-order chi connectivity index (χ0) is 8.97. The Hall–Kier alpha value is 0.310. The van der Waals surface area contributed by atoms with Gasteiger partial charge in [-0.2, -0.15) is 11.8 Å². The van der Waals surface area contributed by atoms with Crippen LogP contribution in [0, 0.1) is 0 Å². The van der Waals surface area contributed by atoms with Gasteiger partial charge in [-0.15, -0.1) is 0 Å². The van der Waals surface area contributed by atoms with Crippen LogP contribution in [0.4, 0.5) is 0 Å². The first-order valence-corrected chi connectivity index (χ1v) is 6.18. The van der Waals surface area contributed by atoms with E-state index in [2.05, 4.69) is 37.8 Å². The summed E-state index contributed by atoms with van der Waals surface area (Å²) in [6.45, 7) is 6.87. The molecular weight excluding hydrogens is 166 g/mol. The average Bonchev–Trinajstić information content (AvgIpc) is 2.47. The summed E-state index contributed by atoms with van der Waals surface area (Å²) in [4.78, 5) is 0. The van der Waals surface area contributed by atoms with Crippen LogP contribution in [0.25, 0.3) is 0 Å². The highest BCUT2D eigenvalue weighted by molar-refractivity contribution is 8.00. The molecule has 2 unspecified atom stereocenters. The van der Waals surface area contributed by atoms with Crippen LogP contribution in [0.5, 0.6) is 0 Å². The molecule has 1 aliphatic rings. The Morgan fingerprint density at radius 1 is 1.42 bits per heavy atom. The first-order valence-electron chi connectivity index (χ1n) is 5.13. The third kappa shape index (κ3) is 2.98. The van der Waals surface area contributed by atoms with Crippen LogP contribution in [0.2, 0.25) is 0 Å². The molecule has 1 rings (SSSR count). The Morgan fingerprint density at radius 3 is 2.50 bits per heavy atom. The number of thioether (sulfide) groups is 1. The van der Waals surface area contributed by atoms with Gasteiger partial charge in [0.25, 0.3) is 0 Å². The molecule has 12 heavy (non-hydrogen) atoms. The van der Waals surface area contributed by atoms with Crippen molar-refractivity contribution in [3.8, 4) is 0 Å². The second kappa shape index (κ2) is 5.13. The summed E-state index contributed by atoms with van der Waals surface area (Å²) in [7, 11) is 0. The molecule has 0 aliphatic carbocycles. The smallest absolute Gasteiger partial charge is 0.0171 e. The molecule has 1 N–H and O–H groups in total. The van der Waals surface area contributed by atoms with E-state index >= 15 is 0 Å². The minimum Gasteiger partial charge on any atom is -0.310 e. The Morgan fingerprint density at radius 2 is 2.08 bits per heavy atom. The van der Waals surface area contributed by atoms with Gasteiger partial charge < -0.3 is 5.32 Å². The molecule has 1 heterocycles. The topological polar surface area (TPSA) is 12.0 Å². The molecule has 0 aromatic rings. The van der Waals surface area contributed by atoms with E-state index in [1.165, 1.54) is 25.0 Å². The molecule has 0 spiro atoms. The average molecular weight is 187 g/mol. The number of nitrogens with one attached hydrogen (secondary N) is 1. The zero-order valence-corrected chi connectivity index (χ0v) is 9.29. The van der Waals surface area contributed by atoms with Crippen molar-refractivity contribution < 1.29 is 0 Å². The molecular formula is C10H21NS. The SMILES string of the molecule is CCC(CC)NC1CSC(C)C1. The second-order valence-corrected chi connectivity index (χ2v) is 5.23. The summed E-state index contributed by atoms with van der Waals surface area (Å²) in [5.74, 6) is 1.32. The van der Waals surface area contributed by atoms with Crippen molar-refractivity contribution in [3.63, 3.8) is 0 Å². The number of rotatable bonds is 4. The Kier molecular flexibility index (Phi) is 4.44. The van der Waals surface area contributed by atoms with Gasteiger partial charge in [-0.3, -0.25) is 0 Å². The van der Waals surface area contributed by atoms with Crippen LogP contribution in [-0.2, 0) is 0 Å². The van der Waals surface area contributed by atoms with Crippen molar-refractivity contribution in [2.45, 2.75) is 57.4 Å². The fraction of sp³-hybridized carbons (Fsp3) is 1.00. The van der Waals surface area contributed by atoms with Crippen LogP contribution < -0.4 is 5.32 Å². The van der Waals surface area contributed by atoms with Gasteiger partial charge in [-0.1, -0.05) is 20.8 Å². The maximum absolute atomic E-state index is 3.72. The largest absolute Gasteiger partial charge is 0.310 e. The summed E-state index contributed by atoms with van der Waals surface area (Å²) < 4.78 is 0. The molecule has 0 radical (unpaired) electrons. The molecule has 1 nitrogen and oxygen atoms in total. The van der Waals surface area contributed by atoms with E-state index < -0.39 is 0 Å². The van der Waals surface area contributed by atoms with Crippen molar-refractivity contribution in [3.05, 3.63) is 0 Å². The second-order valence-electron chi connectivity index (χ2n) is 3.76. The Labute approximate surface area is 80.7 Å². The predicted molar refractivity (Wildman–Crippen MR) is 57.8 cm³/mol. The van der Waals surface area contributed by atoms with E-state index in [9.17, 15) is 0 Å². The van der Waals surface area contributed by atoms with E-state index in [0.717, 1.165) is 17.3 Å². The number of hydrogen-bond donors (Lipinski definition) is 1. The summed E-state index contributed by atoms with van der Waals surface area (Å²) in [5.41, 5.74) is 0. The van der Waals surface area contributed by atoms with Gasteiger partial charge in [-0.05, 0) is 19.3 Å². The summed E-state index contributed by atoms with van der Waals surface area (Å²) in [6.07, 6.45) is 3.90. The van der Waals surface area contributed by atoms with Crippen molar-refractivity contribution in [2.24, 2.45) is 0 Å². The lowest BCUT2D eigenvalue weighted by Gasteiger charge is -2.19. The van der Waals surface area contributed by atoms with E-state index in [0.29, 0.717) is 0 Å². The normalized spacial score (nSPS) is 30.0. The van der Waals surface area contributed by atoms with E-state index in [4.69, 9.17) is 0 Å². The fourth-order valence-electron chi connectivity index (χ4n) is 1.79. The van der Waals surface area contributed by atoms with Gasteiger partial charge in [0.2, 0.25) is 0 Å². The molecule has 1 fully saturated rings. The number of hydrogen-bond acceptors (Lipinski definition) is 2. The van der Waals surface area contributed by atoms with Crippen LogP contribution in [0.15, 0.2) is 0 Å². The summed E-state index contributed by atoms with van der Waals surface area (Å²) >= 11 is 2.11. The van der Waals surface area contributed by atoms with Gasteiger partial charge in [0.1, 0.15) is 0 Å². The lowest BCUT2D eigenvalue weighted by Crippen LogP contribution is -2.37. The highest BCUT2D eigenvalue weighted by atomic mass is 32.2. The standard InChI is InChI=1S/C10H21NS/c1-4-9(5-2)11-10-6-8(3)12-7-10/h8-11H,4-7H2,1-3H3.